The molecular weight excluding hydrogens is 311 g/mol. The lowest BCUT2D eigenvalue weighted by Gasteiger charge is -2.12. The highest BCUT2D eigenvalue weighted by Gasteiger charge is 2.11. The molecule has 1 heterocycles. The van der Waals surface area contributed by atoms with Crippen molar-refractivity contribution in [3.8, 4) is 17.0 Å². The molecule has 0 saturated heterocycles. The van der Waals surface area contributed by atoms with Crippen LogP contribution in [0.4, 0.5) is 9.52 Å². The Balaban J connectivity index is 1.77. The highest BCUT2D eigenvalue weighted by atomic mass is 32.1. The molecule has 0 saturated carbocycles. The fourth-order valence-corrected chi connectivity index (χ4v) is 3.12. The van der Waals surface area contributed by atoms with Crippen LogP contribution in [0.25, 0.3) is 11.3 Å². The monoisotopic (exact) mass is 328 g/mol. The van der Waals surface area contributed by atoms with Gasteiger partial charge in [0.25, 0.3) is 0 Å². The van der Waals surface area contributed by atoms with E-state index in [9.17, 15) is 4.39 Å². The molecule has 1 atom stereocenters. The normalized spacial score (nSPS) is 12.0. The summed E-state index contributed by atoms with van der Waals surface area (Å²) in [6.45, 7) is 2.09. The minimum atomic E-state index is -0.384. The topological polar surface area (TPSA) is 34.1 Å². The first-order valence-corrected chi connectivity index (χ1v) is 8.16. The van der Waals surface area contributed by atoms with Crippen molar-refractivity contribution >= 4 is 16.5 Å². The zero-order valence-electron chi connectivity index (χ0n) is 12.9. The fourth-order valence-electron chi connectivity index (χ4n) is 2.31. The van der Waals surface area contributed by atoms with Crippen LogP contribution in [0, 0.1) is 5.82 Å². The van der Waals surface area contributed by atoms with Gasteiger partial charge >= 0.3 is 0 Å². The summed E-state index contributed by atoms with van der Waals surface area (Å²) in [6.07, 6.45) is 0. The zero-order valence-corrected chi connectivity index (χ0v) is 13.7. The van der Waals surface area contributed by atoms with Gasteiger partial charge in [0.1, 0.15) is 0 Å². The van der Waals surface area contributed by atoms with Gasteiger partial charge in [0.05, 0.1) is 18.8 Å². The summed E-state index contributed by atoms with van der Waals surface area (Å²) in [5, 5.41) is 6.10. The van der Waals surface area contributed by atoms with E-state index in [1.54, 1.807) is 12.1 Å². The molecular formula is C18H17FN2OS. The van der Waals surface area contributed by atoms with Crippen LogP contribution >= 0.6 is 11.3 Å². The molecule has 1 N–H and O–H groups in total. The molecule has 3 nitrogen and oxygen atoms in total. The van der Waals surface area contributed by atoms with Gasteiger partial charge in [-0.3, -0.25) is 0 Å². The molecule has 0 bridgehead atoms. The third-order valence-electron chi connectivity index (χ3n) is 3.59. The average Bonchev–Trinajstić information content (AvgIpc) is 3.04. The largest absolute Gasteiger partial charge is 0.494 e. The number of thiazole rings is 1. The highest BCUT2D eigenvalue weighted by molar-refractivity contribution is 7.14. The Labute approximate surface area is 138 Å². The van der Waals surface area contributed by atoms with E-state index in [1.165, 1.54) is 30.1 Å². The van der Waals surface area contributed by atoms with Crippen molar-refractivity contribution in [2.24, 2.45) is 0 Å². The molecule has 1 aromatic heterocycles. The predicted molar refractivity (Wildman–Crippen MR) is 92.5 cm³/mol. The minimum Gasteiger partial charge on any atom is -0.494 e. The number of benzene rings is 2. The van der Waals surface area contributed by atoms with Crippen LogP contribution in [0.5, 0.6) is 5.75 Å². The second-order valence-electron chi connectivity index (χ2n) is 5.16. The molecule has 2 aromatic carbocycles. The summed E-state index contributed by atoms with van der Waals surface area (Å²) in [6, 6.07) is 15.2. The van der Waals surface area contributed by atoms with Crippen molar-refractivity contribution in [1.82, 2.24) is 4.98 Å². The molecule has 23 heavy (non-hydrogen) atoms. The van der Waals surface area contributed by atoms with E-state index in [4.69, 9.17) is 4.74 Å². The summed E-state index contributed by atoms with van der Waals surface area (Å²) in [7, 11) is 1.45. The van der Waals surface area contributed by atoms with Crippen LogP contribution < -0.4 is 10.1 Å². The van der Waals surface area contributed by atoms with Gasteiger partial charge in [-0.05, 0) is 30.7 Å². The molecule has 0 fully saturated rings. The Hall–Kier alpha value is -2.40. The van der Waals surface area contributed by atoms with Gasteiger partial charge in [0.2, 0.25) is 0 Å². The number of rotatable bonds is 5. The highest BCUT2D eigenvalue weighted by Crippen LogP contribution is 2.30. The van der Waals surface area contributed by atoms with Crippen LogP contribution in [0.2, 0.25) is 0 Å². The molecule has 0 amide bonds. The summed E-state index contributed by atoms with van der Waals surface area (Å²) in [4.78, 5) is 4.54. The third kappa shape index (κ3) is 3.51. The predicted octanol–water partition coefficient (Wildman–Crippen LogP) is 5.13. The van der Waals surface area contributed by atoms with Crippen molar-refractivity contribution in [3.63, 3.8) is 0 Å². The summed E-state index contributed by atoms with van der Waals surface area (Å²) in [5.74, 6) is -0.148. The van der Waals surface area contributed by atoms with E-state index in [2.05, 4.69) is 29.4 Å². The number of nitrogens with one attached hydrogen (secondary N) is 1. The van der Waals surface area contributed by atoms with E-state index in [0.717, 1.165) is 16.4 Å². The molecule has 0 aliphatic rings. The Morgan fingerprint density at radius 1 is 1.17 bits per heavy atom. The molecule has 0 spiro atoms. The van der Waals surface area contributed by atoms with Crippen LogP contribution in [0.15, 0.2) is 53.9 Å². The van der Waals surface area contributed by atoms with Crippen molar-refractivity contribution in [3.05, 3.63) is 65.3 Å². The number of halogens is 1. The van der Waals surface area contributed by atoms with Gasteiger partial charge in [-0.15, -0.1) is 11.3 Å². The maximum Gasteiger partial charge on any atom is 0.183 e. The first-order valence-electron chi connectivity index (χ1n) is 7.28. The van der Waals surface area contributed by atoms with E-state index in [-0.39, 0.29) is 17.6 Å². The standard InChI is InChI=1S/C18H17FN2OS/c1-12(13-6-4-3-5-7-13)20-18-21-16(11-23-18)14-8-9-17(22-2)15(19)10-14/h3-12H,1-2H3,(H,20,21)/t12-/m1/s1. The van der Waals surface area contributed by atoms with E-state index in [1.807, 2.05) is 23.6 Å². The van der Waals surface area contributed by atoms with Gasteiger partial charge in [0, 0.05) is 10.9 Å². The number of anilines is 1. The van der Waals surface area contributed by atoms with Gasteiger partial charge in [-0.25, -0.2) is 9.37 Å². The molecule has 0 aliphatic carbocycles. The van der Waals surface area contributed by atoms with Crippen LogP contribution in [0.3, 0.4) is 0 Å². The number of hydrogen-bond donors (Lipinski definition) is 1. The van der Waals surface area contributed by atoms with E-state index < -0.39 is 0 Å². The van der Waals surface area contributed by atoms with E-state index >= 15 is 0 Å². The smallest absolute Gasteiger partial charge is 0.183 e. The second-order valence-corrected chi connectivity index (χ2v) is 6.02. The molecule has 3 rings (SSSR count). The number of hydrogen-bond acceptors (Lipinski definition) is 4. The first-order chi connectivity index (χ1) is 11.2. The lowest BCUT2D eigenvalue weighted by molar-refractivity contribution is 0.386. The number of methoxy groups -OCH3 is 1. The van der Waals surface area contributed by atoms with E-state index in [0.29, 0.717) is 0 Å². The van der Waals surface area contributed by atoms with Crippen molar-refractivity contribution < 1.29 is 9.13 Å². The molecule has 5 heteroatoms. The van der Waals surface area contributed by atoms with Crippen molar-refractivity contribution in [1.29, 1.82) is 0 Å². The molecule has 0 aliphatic heterocycles. The third-order valence-corrected chi connectivity index (χ3v) is 4.36. The average molecular weight is 328 g/mol. The van der Waals surface area contributed by atoms with Gasteiger partial charge in [-0.2, -0.15) is 0 Å². The van der Waals surface area contributed by atoms with Crippen molar-refractivity contribution in [2.75, 3.05) is 12.4 Å². The second kappa shape index (κ2) is 6.79. The van der Waals surface area contributed by atoms with Crippen LogP contribution in [-0.2, 0) is 0 Å². The summed E-state index contributed by atoms with van der Waals surface area (Å²) >= 11 is 1.51. The van der Waals surface area contributed by atoms with Gasteiger partial charge in [0.15, 0.2) is 16.7 Å². The van der Waals surface area contributed by atoms with Crippen LogP contribution in [0.1, 0.15) is 18.5 Å². The molecule has 3 aromatic rings. The first kappa shape index (κ1) is 15.5. The maximum atomic E-state index is 13.8. The van der Waals surface area contributed by atoms with Gasteiger partial charge < -0.3 is 10.1 Å². The van der Waals surface area contributed by atoms with Crippen molar-refractivity contribution in [2.45, 2.75) is 13.0 Å². The Bertz CT molecular complexity index is 789. The Kier molecular flexibility index (Phi) is 4.57. The molecule has 118 valence electrons. The lowest BCUT2D eigenvalue weighted by atomic mass is 10.1. The number of nitrogens with zero attached hydrogens (tertiary/aromatic N) is 1. The minimum absolute atomic E-state index is 0.155. The van der Waals surface area contributed by atoms with Crippen LogP contribution in [-0.4, -0.2) is 12.1 Å². The SMILES string of the molecule is COc1ccc(-c2csc(N[C@H](C)c3ccccc3)n2)cc1F. The fraction of sp³-hybridized carbons (Fsp3) is 0.167. The Morgan fingerprint density at radius 2 is 1.96 bits per heavy atom. The summed E-state index contributed by atoms with van der Waals surface area (Å²) in [5.41, 5.74) is 2.68. The van der Waals surface area contributed by atoms with Gasteiger partial charge in [-0.1, -0.05) is 30.3 Å². The maximum absolute atomic E-state index is 13.8. The molecule has 0 radical (unpaired) electrons. The molecule has 0 unspecified atom stereocenters. The lowest BCUT2D eigenvalue weighted by Crippen LogP contribution is -2.05. The summed E-state index contributed by atoms with van der Waals surface area (Å²) < 4.78 is 18.7. The number of ether oxygens (including phenoxy) is 1. The zero-order chi connectivity index (χ0) is 16.2. The Morgan fingerprint density at radius 3 is 2.65 bits per heavy atom. The quantitative estimate of drug-likeness (QED) is 0.705. The number of aromatic nitrogens is 1.